The molecular formula is C26H20F6N4O2S. The van der Waals surface area contributed by atoms with E-state index >= 15 is 0 Å². The van der Waals surface area contributed by atoms with Gasteiger partial charge in [0.05, 0.1) is 27.9 Å². The third kappa shape index (κ3) is 6.40. The van der Waals surface area contributed by atoms with E-state index in [4.69, 9.17) is 0 Å². The molecule has 0 atom stereocenters. The predicted molar refractivity (Wildman–Crippen MR) is 131 cm³/mol. The lowest BCUT2D eigenvalue weighted by atomic mass is 10.1. The van der Waals surface area contributed by atoms with Crippen molar-refractivity contribution in [3.05, 3.63) is 83.2 Å². The molecule has 204 valence electrons. The Balaban J connectivity index is 1.79. The molecule has 39 heavy (non-hydrogen) atoms. The minimum absolute atomic E-state index is 0.00432. The van der Waals surface area contributed by atoms with E-state index in [-0.39, 0.29) is 32.9 Å². The number of benzene rings is 2. The van der Waals surface area contributed by atoms with Crippen LogP contribution in [0.25, 0.3) is 16.9 Å². The molecule has 0 aliphatic carbocycles. The zero-order chi connectivity index (χ0) is 28.8. The van der Waals surface area contributed by atoms with Gasteiger partial charge in [0.25, 0.3) is 0 Å². The third-order valence-corrected chi connectivity index (χ3v) is 6.95. The van der Waals surface area contributed by atoms with Crippen LogP contribution in [0.1, 0.15) is 43.2 Å². The third-order valence-electron chi connectivity index (χ3n) is 5.20. The molecule has 0 amide bonds. The Morgan fingerprint density at radius 3 is 2.13 bits per heavy atom. The molecule has 4 aromatic rings. The average Bonchev–Trinajstić information content (AvgIpc) is 3.22. The van der Waals surface area contributed by atoms with Crippen molar-refractivity contribution in [2.45, 2.75) is 43.6 Å². The minimum Gasteiger partial charge on any atom is -0.227 e. The van der Waals surface area contributed by atoms with Crippen LogP contribution in [0.4, 0.5) is 26.3 Å². The van der Waals surface area contributed by atoms with Gasteiger partial charge in [0, 0.05) is 16.7 Å². The molecule has 0 bridgehead atoms. The summed E-state index contributed by atoms with van der Waals surface area (Å²) >= 11 is 0. The quantitative estimate of drug-likeness (QED) is 0.247. The van der Waals surface area contributed by atoms with Gasteiger partial charge >= 0.3 is 12.4 Å². The van der Waals surface area contributed by atoms with E-state index in [0.29, 0.717) is 10.6 Å². The fourth-order valence-corrected chi connectivity index (χ4v) is 5.04. The molecule has 0 saturated heterocycles. The summed E-state index contributed by atoms with van der Waals surface area (Å²) in [5.41, 5.74) is -3.10. The summed E-state index contributed by atoms with van der Waals surface area (Å²) in [5, 5.41) is 3.75. The fraction of sp³-hybridized carbons (Fsp3) is 0.231. The molecule has 0 fully saturated rings. The van der Waals surface area contributed by atoms with Gasteiger partial charge < -0.3 is 0 Å². The summed E-state index contributed by atoms with van der Waals surface area (Å²) in [7, 11) is -3.86. The van der Waals surface area contributed by atoms with Crippen molar-refractivity contribution in [3.63, 3.8) is 0 Å². The number of aromatic nitrogens is 3. The Hall–Kier alpha value is -3.89. The number of sulfonamides is 1. The van der Waals surface area contributed by atoms with Gasteiger partial charge in [0.15, 0.2) is 11.3 Å². The lowest BCUT2D eigenvalue weighted by molar-refractivity contribution is -0.142. The van der Waals surface area contributed by atoms with Gasteiger partial charge in [-0.3, -0.25) is 0 Å². The molecule has 0 unspecified atom stereocenters. The highest BCUT2D eigenvalue weighted by Crippen LogP contribution is 2.34. The van der Waals surface area contributed by atoms with Crippen LogP contribution >= 0.6 is 0 Å². The normalized spacial score (nSPS) is 12.8. The van der Waals surface area contributed by atoms with Crippen LogP contribution in [-0.4, -0.2) is 28.6 Å². The van der Waals surface area contributed by atoms with Crippen LogP contribution < -0.4 is 4.72 Å². The van der Waals surface area contributed by atoms with Crippen molar-refractivity contribution in [3.8, 4) is 23.1 Å². The van der Waals surface area contributed by atoms with Gasteiger partial charge in [0.2, 0.25) is 10.0 Å². The fourth-order valence-electron chi connectivity index (χ4n) is 3.57. The van der Waals surface area contributed by atoms with Crippen LogP contribution in [-0.2, 0) is 22.4 Å². The number of rotatable bonds is 3. The molecule has 1 N–H and O–H groups in total. The Morgan fingerprint density at radius 2 is 1.54 bits per heavy atom. The summed E-state index contributed by atoms with van der Waals surface area (Å²) < 4.78 is 109. The van der Waals surface area contributed by atoms with E-state index in [1.807, 2.05) is 0 Å². The summed E-state index contributed by atoms with van der Waals surface area (Å²) in [4.78, 5) is 4.14. The molecule has 0 aliphatic heterocycles. The smallest absolute Gasteiger partial charge is 0.227 e. The van der Waals surface area contributed by atoms with Gasteiger partial charge in [-0.05, 0) is 57.2 Å². The first-order chi connectivity index (χ1) is 17.9. The predicted octanol–water partition coefficient (Wildman–Crippen LogP) is 5.91. The summed E-state index contributed by atoms with van der Waals surface area (Å²) in [6, 6.07) is 9.94. The van der Waals surface area contributed by atoms with Crippen molar-refractivity contribution in [1.29, 1.82) is 0 Å². The van der Waals surface area contributed by atoms with Crippen molar-refractivity contribution < 1.29 is 34.8 Å². The van der Waals surface area contributed by atoms with Gasteiger partial charge in [-0.1, -0.05) is 30.0 Å². The lowest BCUT2D eigenvalue weighted by Gasteiger charge is -2.20. The molecule has 0 aliphatic rings. The first kappa shape index (κ1) is 28.1. The van der Waals surface area contributed by atoms with Crippen LogP contribution in [0.15, 0.2) is 65.7 Å². The molecule has 2 aromatic carbocycles. The lowest BCUT2D eigenvalue weighted by Crippen LogP contribution is -2.40. The second-order valence-corrected chi connectivity index (χ2v) is 11.2. The largest absolute Gasteiger partial charge is 0.433 e. The first-order valence-corrected chi connectivity index (χ1v) is 12.7. The maximum Gasteiger partial charge on any atom is 0.433 e. The molecule has 0 spiro atoms. The second-order valence-electron chi connectivity index (χ2n) is 9.53. The first-order valence-electron chi connectivity index (χ1n) is 11.2. The van der Waals surface area contributed by atoms with Crippen LogP contribution in [0.5, 0.6) is 0 Å². The Labute approximate surface area is 219 Å². The minimum atomic E-state index is -4.86. The van der Waals surface area contributed by atoms with Crippen molar-refractivity contribution in [1.82, 2.24) is 19.3 Å². The standard InChI is InChI=1S/C26H20F6N4O2S/c1-24(2,3)35-39(37,38)20-6-4-5-16(13-20)7-8-18-15-33-36-22(26(30,31)32)14-21(34-23(18)36)17-9-11-19(12-10-17)25(27,28)29/h4-6,9-15,35H,1-3H3. The number of hydrogen-bond donors (Lipinski definition) is 1. The van der Waals surface area contributed by atoms with Gasteiger partial charge in [-0.2, -0.15) is 31.4 Å². The van der Waals surface area contributed by atoms with E-state index in [1.54, 1.807) is 20.8 Å². The van der Waals surface area contributed by atoms with Crippen LogP contribution in [0, 0.1) is 11.8 Å². The highest BCUT2D eigenvalue weighted by molar-refractivity contribution is 7.89. The SMILES string of the molecule is CC(C)(C)NS(=O)(=O)c1cccc(C#Cc2cnn3c(C(F)(F)F)cc(-c4ccc(C(F)(F)F)cc4)nc23)c1. The monoisotopic (exact) mass is 566 g/mol. The van der Waals surface area contributed by atoms with Crippen molar-refractivity contribution in [2.75, 3.05) is 0 Å². The number of alkyl halides is 6. The molecule has 0 radical (unpaired) electrons. The van der Waals surface area contributed by atoms with Crippen molar-refractivity contribution in [2.24, 2.45) is 0 Å². The van der Waals surface area contributed by atoms with E-state index in [1.165, 1.54) is 24.3 Å². The zero-order valence-electron chi connectivity index (χ0n) is 20.6. The molecule has 6 nitrogen and oxygen atoms in total. The summed E-state index contributed by atoms with van der Waals surface area (Å²) in [5.74, 6) is 5.38. The molecule has 4 rings (SSSR count). The zero-order valence-corrected chi connectivity index (χ0v) is 21.4. The molecule has 2 heterocycles. The van der Waals surface area contributed by atoms with Crippen LogP contribution in [0.2, 0.25) is 0 Å². The van der Waals surface area contributed by atoms with E-state index in [2.05, 4.69) is 26.6 Å². The van der Waals surface area contributed by atoms with E-state index in [0.717, 1.165) is 30.5 Å². The number of fused-ring (bicyclic) bond motifs is 1. The Morgan fingerprint density at radius 1 is 0.872 bits per heavy atom. The molecule has 13 heteroatoms. The summed E-state index contributed by atoms with van der Waals surface area (Å²) in [6.45, 7) is 5.04. The number of hydrogen-bond acceptors (Lipinski definition) is 4. The maximum absolute atomic E-state index is 13.8. The molecule has 0 saturated carbocycles. The average molecular weight is 567 g/mol. The van der Waals surface area contributed by atoms with E-state index < -0.39 is 39.2 Å². The number of halogens is 6. The van der Waals surface area contributed by atoms with Gasteiger partial charge in [-0.15, -0.1) is 0 Å². The number of nitrogens with one attached hydrogen (secondary N) is 1. The van der Waals surface area contributed by atoms with E-state index in [9.17, 15) is 34.8 Å². The highest BCUT2D eigenvalue weighted by atomic mass is 32.2. The van der Waals surface area contributed by atoms with Gasteiger partial charge in [-0.25, -0.2) is 22.6 Å². The maximum atomic E-state index is 13.8. The van der Waals surface area contributed by atoms with Gasteiger partial charge in [0.1, 0.15) is 0 Å². The topological polar surface area (TPSA) is 76.4 Å². The Kier molecular flexibility index (Phi) is 6.99. The molecule has 2 aromatic heterocycles. The van der Waals surface area contributed by atoms with Crippen LogP contribution in [0.3, 0.4) is 0 Å². The summed E-state index contributed by atoms with van der Waals surface area (Å²) in [6.07, 6.45) is -8.40. The van der Waals surface area contributed by atoms with Crippen molar-refractivity contribution >= 4 is 15.7 Å². The highest BCUT2D eigenvalue weighted by Gasteiger charge is 2.36. The number of nitrogens with zero attached hydrogens (tertiary/aromatic N) is 3. The second kappa shape index (κ2) is 9.69. The Bertz CT molecular complexity index is 1710. The molecular weight excluding hydrogens is 546 g/mol.